The molecule has 1 aromatic heterocycles. The van der Waals surface area contributed by atoms with Crippen LogP contribution in [0.25, 0.3) is 0 Å². The molecule has 174 valence electrons. The van der Waals surface area contributed by atoms with E-state index in [0.29, 0.717) is 19.4 Å². The minimum atomic E-state index is -2.07. The molecule has 11 nitrogen and oxygen atoms in total. The zero-order chi connectivity index (χ0) is 23.9. The molecule has 11 heteroatoms. The van der Waals surface area contributed by atoms with Gasteiger partial charge in [-0.3, -0.25) is 9.69 Å². The monoisotopic (exact) mass is 446 g/mol. The Morgan fingerprint density at radius 3 is 2.50 bits per heavy atom. The van der Waals surface area contributed by atoms with Crippen molar-refractivity contribution in [2.75, 3.05) is 13.1 Å². The molecule has 0 bridgehead atoms. The number of aromatic nitrogens is 2. The summed E-state index contributed by atoms with van der Waals surface area (Å²) in [6, 6.07) is 8.07. The van der Waals surface area contributed by atoms with Crippen LogP contribution in [0.5, 0.6) is 0 Å². The van der Waals surface area contributed by atoms with Gasteiger partial charge in [-0.1, -0.05) is 30.3 Å². The highest BCUT2D eigenvalue weighted by molar-refractivity contribution is 5.88. The quantitative estimate of drug-likeness (QED) is 0.249. The van der Waals surface area contributed by atoms with Crippen LogP contribution in [0.4, 0.5) is 5.82 Å². The SMILES string of the molecule is CCN(C(=O)C(N)Cc1ccccc1)C(CCCCN)(C(=O)O)n1c([N+](=O)[O-])cnc1C. The molecule has 0 radical (unpaired) electrons. The molecule has 1 heterocycles. The number of carboxylic acid groups (broad SMARTS) is 1. The summed E-state index contributed by atoms with van der Waals surface area (Å²) in [6.45, 7) is 3.38. The van der Waals surface area contributed by atoms with E-state index in [4.69, 9.17) is 11.5 Å². The second kappa shape index (κ2) is 10.8. The molecule has 0 saturated carbocycles. The number of carbonyl (C=O) groups is 2. The normalized spacial score (nSPS) is 13.9. The van der Waals surface area contributed by atoms with Gasteiger partial charge in [-0.15, -0.1) is 0 Å². The fourth-order valence-electron chi connectivity index (χ4n) is 3.97. The summed E-state index contributed by atoms with van der Waals surface area (Å²) >= 11 is 0. The number of carbonyl (C=O) groups excluding carboxylic acids is 1. The molecular weight excluding hydrogens is 416 g/mol. The number of aliphatic carboxylic acids is 1. The zero-order valence-electron chi connectivity index (χ0n) is 18.3. The predicted octanol–water partition coefficient (Wildman–Crippen LogP) is 1.38. The van der Waals surface area contributed by atoms with E-state index in [0.717, 1.165) is 21.2 Å². The zero-order valence-corrected chi connectivity index (χ0v) is 18.3. The third kappa shape index (κ3) is 4.94. The number of nitrogens with two attached hydrogens (primary N) is 2. The van der Waals surface area contributed by atoms with Crippen LogP contribution in [0, 0.1) is 17.0 Å². The van der Waals surface area contributed by atoms with Gasteiger partial charge in [0, 0.05) is 19.9 Å². The average Bonchev–Trinajstić information content (AvgIpc) is 3.15. The highest BCUT2D eigenvalue weighted by atomic mass is 16.6. The lowest BCUT2D eigenvalue weighted by molar-refractivity contribution is -0.394. The van der Waals surface area contributed by atoms with Crippen molar-refractivity contribution < 1.29 is 19.6 Å². The van der Waals surface area contributed by atoms with Crippen LogP contribution < -0.4 is 11.5 Å². The number of hydrogen-bond acceptors (Lipinski definition) is 7. The van der Waals surface area contributed by atoms with Gasteiger partial charge in [0.05, 0.1) is 6.04 Å². The number of aryl methyl sites for hydroxylation is 1. The number of amides is 1. The Labute approximate surface area is 186 Å². The molecule has 1 amide bonds. The third-order valence-corrected chi connectivity index (χ3v) is 5.44. The third-order valence-electron chi connectivity index (χ3n) is 5.44. The highest BCUT2D eigenvalue weighted by Gasteiger charge is 2.55. The first-order valence-electron chi connectivity index (χ1n) is 10.4. The van der Waals surface area contributed by atoms with Gasteiger partial charge in [0.2, 0.25) is 5.91 Å². The number of carboxylic acids is 1. The minimum Gasteiger partial charge on any atom is -0.476 e. The first-order chi connectivity index (χ1) is 15.2. The van der Waals surface area contributed by atoms with Gasteiger partial charge in [-0.25, -0.2) is 9.78 Å². The molecule has 32 heavy (non-hydrogen) atoms. The van der Waals surface area contributed by atoms with Crippen molar-refractivity contribution in [3.63, 3.8) is 0 Å². The van der Waals surface area contributed by atoms with Gasteiger partial charge in [-0.2, -0.15) is 4.57 Å². The second-order valence-corrected chi connectivity index (χ2v) is 7.50. The molecule has 2 aromatic rings. The number of benzene rings is 1. The van der Waals surface area contributed by atoms with Gasteiger partial charge in [-0.05, 0) is 43.2 Å². The number of nitrogens with zero attached hydrogens (tertiary/aromatic N) is 4. The van der Waals surface area contributed by atoms with Crippen LogP contribution in [0.3, 0.4) is 0 Å². The number of imidazole rings is 1. The van der Waals surface area contributed by atoms with Crippen molar-refractivity contribution in [2.45, 2.75) is 51.2 Å². The maximum Gasteiger partial charge on any atom is 0.375 e. The molecule has 0 saturated heterocycles. The van der Waals surface area contributed by atoms with Crippen LogP contribution in [-0.4, -0.2) is 55.5 Å². The Bertz CT molecular complexity index is 947. The molecule has 0 aliphatic heterocycles. The molecule has 1 aromatic carbocycles. The first kappa shape index (κ1) is 25.0. The van der Waals surface area contributed by atoms with E-state index in [2.05, 4.69) is 4.98 Å². The van der Waals surface area contributed by atoms with Crippen LogP contribution in [-0.2, 0) is 21.7 Å². The fourth-order valence-corrected chi connectivity index (χ4v) is 3.97. The Kier molecular flexibility index (Phi) is 8.44. The molecular formula is C21H30N6O5. The van der Waals surface area contributed by atoms with Crippen LogP contribution >= 0.6 is 0 Å². The van der Waals surface area contributed by atoms with Crippen molar-refractivity contribution in [1.82, 2.24) is 14.5 Å². The Morgan fingerprint density at radius 1 is 1.31 bits per heavy atom. The van der Waals surface area contributed by atoms with Crippen molar-refractivity contribution in [1.29, 1.82) is 0 Å². The Hall–Kier alpha value is -3.31. The molecule has 0 aliphatic carbocycles. The molecule has 2 atom stereocenters. The number of likely N-dealkylation sites (N-methyl/N-ethyl adjacent to an activating group) is 1. The summed E-state index contributed by atoms with van der Waals surface area (Å²) in [5.74, 6) is -2.43. The number of hydrogen-bond donors (Lipinski definition) is 3. The smallest absolute Gasteiger partial charge is 0.375 e. The fraction of sp³-hybridized carbons (Fsp3) is 0.476. The van der Waals surface area contributed by atoms with Crippen LogP contribution in [0.15, 0.2) is 36.5 Å². The summed E-state index contributed by atoms with van der Waals surface area (Å²) in [4.78, 5) is 42.3. The van der Waals surface area contributed by atoms with Crippen molar-refractivity contribution in [3.8, 4) is 0 Å². The van der Waals surface area contributed by atoms with Gasteiger partial charge >= 0.3 is 11.8 Å². The first-order valence-corrected chi connectivity index (χ1v) is 10.4. The average molecular weight is 447 g/mol. The second-order valence-electron chi connectivity index (χ2n) is 7.50. The van der Waals surface area contributed by atoms with Crippen molar-refractivity contribution >= 4 is 17.7 Å². The molecule has 0 fully saturated rings. The van der Waals surface area contributed by atoms with E-state index < -0.39 is 34.3 Å². The van der Waals surface area contributed by atoms with Crippen molar-refractivity contribution in [3.05, 3.63) is 58.0 Å². The number of rotatable bonds is 12. The van der Waals surface area contributed by atoms with E-state index in [9.17, 15) is 24.8 Å². The van der Waals surface area contributed by atoms with Gasteiger partial charge < -0.3 is 26.7 Å². The summed E-state index contributed by atoms with van der Waals surface area (Å²) in [7, 11) is 0. The summed E-state index contributed by atoms with van der Waals surface area (Å²) in [5, 5.41) is 22.1. The van der Waals surface area contributed by atoms with Gasteiger partial charge in [0.1, 0.15) is 6.20 Å². The standard InChI is InChI=1S/C21H30N6O5/c1-3-25(19(28)17(23)13-16-9-5-4-6-10-16)21(20(29)30,11-7-8-12-22)26-15(2)24-14-18(26)27(31)32/h4-6,9-10,14,17H,3,7-8,11-13,22-23H2,1-2H3,(H,29,30). The molecule has 0 spiro atoms. The van der Waals surface area contributed by atoms with Crippen molar-refractivity contribution in [2.24, 2.45) is 11.5 Å². The molecule has 5 N–H and O–H groups in total. The largest absolute Gasteiger partial charge is 0.476 e. The van der Waals surface area contributed by atoms with E-state index >= 15 is 0 Å². The summed E-state index contributed by atoms with van der Waals surface area (Å²) in [5.41, 5.74) is 10.5. The van der Waals surface area contributed by atoms with E-state index in [1.807, 2.05) is 30.3 Å². The van der Waals surface area contributed by atoms with Gasteiger partial charge in [0.15, 0.2) is 5.82 Å². The van der Waals surface area contributed by atoms with Crippen LogP contribution in [0.1, 0.15) is 37.6 Å². The number of unbranched alkanes of at least 4 members (excludes halogenated alkanes) is 1. The highest BCUT2D eigenvalue weighted by Crippen LogP contribution is 2.35. The maximum atomic E-state index is 13.5. The number of nitro groups is 1. The Balaban J connectivity index is 2.60. The summed E-state index contributed by atoms with van der Waals surface area (Å²) in [6.07, 6.45) is 1.92. The minimum absolute atomic E-state index is 0.0228. The lowest BCUT2D eigenvalue weighted by Crippen LogP contribution is -2.62. The molecule has 2 unspecified atom stereocenters. The predicted molar refractivity (Wildman–Crippen MR) is 118 cm³/mol. The van der Waals surface area contributed by atoms with E-state index in [1.165, 1.54) is 6.92 Å². The Morgan fingerprint density at radius 2 is 1.97 bits per heavy atom. The summed E-state index contributed by atoms with van der Waals surface area (Å²) < 4.78 is 1.02. The van der Waals surface area contributed by atoms with Gasteiger partial charge in [0.25, 0.3) is 5.66 Å². The van der Waals surface area contributed by atoms with E-state index in [-0.39, 0.29) is 25.2 Å². The van der Waals surface area contributed by atoms with Crippen LogP contribution in [0.2, 0.25) is 0 Å². The topological polar surface area (TPSA) is 171 Å². The lowest BCUT2D eigenvalue weighted by Gasteiger charge is -2.39. The molecule has 2 rings (SSSR count). The lowest BCUT2D eigenvalue weighted by atomic mass is 9.96. The molecule has 0 aliphatic rings. The van der Waals surface area contributed by atoms with E-state index in [1.54, 1.807) is 6.92 Å². The maximum absolute atomic E-state index is 13.5.